The van der Waals surface area contributed by atoms with Crippen LogP contribution in [0.4, 0.5) is 0 Å². The second-order valence-electron chi connectivity index (χ2n) is 8.04. The summed E-state index contributed by atoms with van der Waals surface area (Å²) in [4.78, 5) is 0. The van der Waals surface area contributed by atoms with Gasteiger partial charge in [-0.1, -0.05) is 104 Å². The van der Waals surface area contributed by atoms with E-state index in [4.69, 9.17) is 9.47 Å². The molecule has 0 aromatic carbocycles. The Morgan fingerprint density at radius 2 is 0.741 bits per heavy atom. The van der Waals surface area contributed by atoms with Crippen molar-refractivity contribution in [2.75, 3.05) is 26.4 Å². The molecule has 0 aliphatic rings. The smallest absolute Gasteiger partial charge is 0.0466 e. The molecule has 0 saturated heterocycles. The summed E-state index contributed by atoms with van der Waals surface area (Å²) >= 11 is 0. The molecule has 0 heterocycles. The topological polar surface area (TPSA) is 18.5 Å². The molecule has 0 saturated carbocycles. The average Bonchev–Trinajstić information content (AvgIpc) is 2.68. The van der Waals surface area contributed by atoms with E-state index in [1.807, 2.05) is 0 Å². The molecule has 27 heavy (non-hydrogen) atoms. The van der Waals surface area contributed by atoms with Crippen LogP contribution in [-0.2, 0) is 9.47 Å². The van der Waals surface area contributed by atoms with Crippen LogP contribution >= 0.6 is 0 Å². The van der Waals surface area contributed by atoms with Crippen LogP contribution in [0, 0.1) is 6.42 Å². The van der Waals surface area contributed by atoms with Gasteiger partial charge in [0, 0.05) is 26.4 Å². The summed E-state index contributed by atoms with van der Waals surface area (Å²) in [5.41, 5.74) is 0. The van der Waals surface area contributed by atoms with Crippen molar-refractivity contribution in [1.82, 2.24) is 0 Å². The third-order valence-corrected chi connectivity index (χ3v) is 5.18. The van der Waals surface area contributed by atoms with Gasteiger partial charge in [0.1, 0.15) is 0 Å². The maximum atomic E-state index is 5.73. The van der Waals surface area contributed by atoms with Gasteiger partial charge >= 0.3 is 0 Å². The summed E-state index contributed by atoms with van der Waals surface area (Å²) in [6, 6.07) is 0. The zero-order valence-corrected chi connectivity index (χ0v) is 19.0. The van der Waals surface area contributed by atoms with Gasteiger partial charge in [-0.25, -0.2) is 0 Å². The summed E-state index contributed by atoms with van der Waals surface area (Å²) in [7, 11) is 0. The van der Waals surface area contributed by atoms with E-state index in [0.29, 0.717) is 0 Å². The van der Waals surface area contributed by atoms with Gasteiger partial charge in [-0.05, 0) is 32.1 Å². The number of ether oxygens (including phenoxy) is 2. The van der Waals surface area contributed by atoms with E-state index in [0.717, 1.165) is 26.4 Å². The highest BCUT2D eigenvalue weighted by Crippen LogP contribution is 2.09. The number of hydrogen-bond donors (Lipinski definition) is 0. The zero-order chi connectivity index (χ0) is 19.7. The van der Waals surface area contributed by atoms with Crippen molar-refractivity contribution in [3.8, 4) is 0 Å². The van der Waals surface area contributed by atoms with Crippen LogP contribution in [0.3, 0.4) is 0 Å². The first-order valence-corrected chi connectivity index (χ1v) is 12.4. The first-order chi connectivity index (χ1) is 13.4. The van der Waals surface area contributed by atoms with Crippen molar-refractivity contribution < 1.29 is 9.47 Å². The molecule has 0 amide bonds. The molecule has 2 nitrogen and oxygen atoms in total. The van der Waals surface area contributed by atoms with Crippen molar-refractivity contribution in [3.05, 3.63) is 6.42 Å². The number of hydrogen-bond acceptors (Lipinski definition) is 2. The number of unbranched alkanes of at least 4 members (excludes halogenated alkanes) is 16. The van der Waals surface area contributed by atoms with Crippen molar-refractivity contribution >= 4 is 0 Å². The summed E-state index contributed by atoms with van der Waals surface area (Å²) in [6.07, 6.45) is 26.2. The van der Waals surface area contributed by atoms with Gasteiger partial charge in [-0.3, -0.25) is 0 Å². The van der Waals surface area contributed by atoms with E-state index in [2.05, 4.69) is 20.3 Å². The van der Waals surface area contributed by atoms with Gasteiger partial charge in [0.2, 0.25) is 0 Å². The van der Waals surface area contributed by atoms with Gasteiger partial charge in [0.05, 0.1) is 0 Å². The van der Waals surface area contributed by atoms with Crippen LogP contribution in [0.25, 0.3) is 0 Å². The Labute approximate surface area is 172 Å². The third kappa shape index (κ3) is 25.9. The van der Waals surface area contributed by atoms with E-state index >= 15 is 0 Å². The maximum Gasteiger partial charge on any atom is 0.0466 e. The Morgan fingerprint density at radius 1 is 0.407 bits per heavy atom. The van der Waals surface area contributed by atoms with Crippen LogP contribution in [0.1, 0.15) is 129 Å². The van der Waals surface area contributed by atoms with Crippen molar-refractivity contribution in [2.45, 2.75) is 129 Å². The molecule has 0 spiro atoms. The molecule has 0 fully saturated rings. The molecule has 0 atom stereocenters. The highest BCUT2D eigenvalue weighted by atomic mass is 16.5. The largest absolute Gasteiger partial charge is 0.381 e. The Hall–Kier alpha value is -0.0800. The van der Waals surface area contributed by atoms with Crippen LogP contribution < -0.4 is 0 Å². The van der Waals surface area contributed by atoms with Crippen LogP contribution in [0.15, 0.2) is 0 Å². The number of rotatable bonds is 24. The SMILES string of the molecule is CCCCCCCCOCCCC[CH]CCCCCOCCCCCCC. The predicted octanol–water partition coefficient (Wildman–Crippen LogP) is 8.29. The molecule has 2 heteroatoms. The third-order valence-electron chi connectivity index (χ3n) is 5.18. The van der Waals surface area contributed by atoms with Crippen LogP contribution in [0.2, 0.25) is 0 Å². The molecular formula is C25H51O2. The highest BCUT2D eigenvalue weighted by molar-refractivity contribution is 4.64. The second-order valence-corrected chi connectivity index (χ2v) is 8.04. The zero-order valence-electron chi connectivity index (χ0n) is 19.0. The molecule has 0 bridgehead atoms. The monoisotopic (exact) mass is 383 g/mol. The van der Waals surface area contributed by atoms with Crippen molar-refractivity contribution in [3.63, 3.8) is 0 Å². The van der Waals surface area contributed by atoms with Crippen LogP contribution in [-0.4, -0.2) is 26.4 Å². The van der Waals surface area contributed by atoms with Gasteiger partial charge < -0.3 is 9.47 Å². The van der Waals surface area contributed by atoms with E-state index in [1.165, 1.54) is 116 Å². The lowest BCUT2D eigenvalue weighted by Gasteiger charge is -2.05. The van der Waals surface area contributed by atoms with Crippen LogP contribution in [0.5, 0.6) is 0 Å². The molecule has 0 aromatic heterocycles. The molecule has 0 aliphatic heterocycles. The second kappa shape index (κ2) is 25.9. The highest BCUT2D eigenvalue weighted by Gasteiger charge is 1.95. The lowest BCUT2D eigenvalue weighted by atomic mass is 10.1. The van der Waals surface area contributed by atoms with E-state index < -0.39 is 0 Å². The summed E-state index contributed by atoms with van der Waals surface area (Å²) in [5, 5.41) is 0. The fraction of sp³-hybridized carbons (Fsp3) is 0.960. The lowest BCUT2D eigenvalue weighted by Crippen LogP contribution is -1.98. The lowest BCUT2D eigenvalue weighted by molar-refractivity contribution is 0.125. The Bertz CT molecular complexity index is 218. The standard InChI is InChI=1S/C25H51O2/c1-3-5-7-9-15-19-23-27-25-21-17-13-11-10-12-16-20-24-26-22-18-14-8-6-4-2/h11H,3-10,12-25H2,1-2H3. The first kappa shape index (κ1) is 26.9. The fourth-order valence-electron chi connectivity index (χ4n) is 3.30. The minimum atomic E-state index is 0.957. The Kier molecular flexibility index (Phi) is 25.8. The Balaban J connectivity index is 2.95. The van der Waals surface area contributed by atoms with Crippen molar-refractivity contribution in [2.24, 2.45) is 0 Å². The minimum Gasteiger partial charge on any atom is -0.381 e. The maximum absolute atomic E-state index is 5.73. The molecule has 163 valence electrons. The van der Waals surface area contributed by atoms with Gasteiger partial charge in [-0.2, -0.15) is 0 Å². The molecule has 0 unspecified atom stereocenters. The van der Waals surface area contributed by atoms with E-state index in [1.54, 1.807) is 0 Å². The predicted molar refractivity (Wildman–Crippen MR) is 120 cm³/mol. The normalized spacial score (nSPS) is 11.3. The summed E-state index contributed by atoms with van der Waals surface area (Å²) < 4.78 is 11.4. The Morgan fingerprint density at radius 3 is 1.22 bits per heavy atom. The van der Waals surface area contributed by atoms with Gasteiger partial charge in [0.25, 0.3) is 0 Å². The summed E-state index contributed by atoms with van der Waals surface area (Å²) in [6.45, 7) is 8.39. The van der Waals surface area contributed by atoms with Gasteiger partial charge in [-0.15, -0.1) is 0 Å². The molecule has 0 aromatic rings. The van der Waals surface area contributed by atoms with E-state index in [9.17, 15) is 0 Å². The summed E-state index contributed by atoms with van der Waals surface area (Å²) in [5.74, 6) is 0. The first-order valence-electron chi connectivity index (χ1n) is 12.4. The van der Waals surface area contributed by atoms with Gasteiger partial charge in [0.15, 0.2) is 0 Å². The quantitative estimate of drug-likeness (QED) is 0.156. The molecule has 0 aliphatic carbocycles. The fourth-order valence-corrected chi connectivity index (χ4v) is 3.30. The minimum absolute atomic E-state index is 0.957. The molecule has 1 radical (unpaired) electrons. The van der Waals surface area contributed by atoms with E-state index in [-0.39, 0.29) is 0 Å². The molecular weight excluding hydrogens is 332 g/mol. The van der Waals surface area contributed by atoms with Crippen molar-refractivity contribution in [1.29, 1.82) is 0 Å². The average molecular weight is 384 g/mol. The molecule has 0 N–H and O–H groups in total. The molecule has 0 rings (SSSR count).